The monoisotopic (exact) mass is 476 g/mol. The first kappa shape index (κ1) is 20.8. The molecular weight excluding hydrogens is 466 g/mol. The zero-order valence-electron chi connectivity index (χ0n) is 15.2. The molecule has 30 heavy (non-hydrogen) atoms. The molecule has 2 heterocycles. The average Bonchev–Trinajstić information content (AvgIpc) is 3.37. The van der Waals surface area contributed by atoms with Crippen LogP contribution < -0.4 is 0 Å². The zero-order valence-corrected chi connectivity index (χ0v) is 18.2. The van der Waals surface area contributed by atoms with Gasteiger partial charge in [0.2, 0.25) is 5.78 Å². The number of hydrogen-bond donors (Lipinski definition) is 0. The summed E-state index contributed by atoms with van der Waals surface area (Å²) in [6, 6.07) is 16.9. The Morgan fingerprint density at radius 2 is 1.47 bits per heavy atom. The first-order chi connectivity index (χ1) is 14.4. The molecule has 0 N–H and O–H groups in total. The molecule has 0 saturated heterocycles. The molecule has 0 aliphatic carbocycles. The van der Waals surface area contributed by atoms with Crippen LogP contribution in [0.3, 0.4) is 0 Å². The number of benzene rings is 2. The van der Waals surface area contributed by atoms with Gasteiger partial charge in [-0.25, -0.2) is 0 Å². The first-order valence-corrected chi connectivity index (χ1v) is 10.2. The van der Waals surface area contributed by atoms with E-state index in [0.29, 0.717) is 42.9 Å². The van der Waals surface area contributed by atoms with Gasteiger partial charge in [-0.1, -0.05) is 46.4 Å². The molecule has 150 valence electrons. The molecule has 0 bridgehead atoms. The summed E-state index contributed by atoms with van der Waals surface area (Å²) in [4.78, 5) is 12.5. The SMILES string of the molecule is O=C(C=Cc1ccc(-c2cc(Cl)cc(Cl)c2)o1)c1ccc(-c2cc(Cl)ccc2Cl)o1. The molecule has 0 saturated carbocycles. The number of carbonyl (C=O) groups is 1. The van der Waals surface area contributed by atoms with Crippen molar-refractivity contribution >= 4 is 58.3 Å². The lowest BCUT2D eigenvalue weighted by atomic mass is 10.2. The number of ketones is 1. The van der Waals surface area contributed by atoms with Crippen LogP contribution in [0, 0.1) is 0 Å². The van der Waals surface area contributed by atoms with Gasteiger partial charge in [-0.2, -0.15) is 0 Å². The van der Waals surface area contributed by atoms with E-state index in [2.05, 4.69) is 0 Å². The maximum Gasteiger partial charge on any atom is 0.221 e. The van der Waals surface area contributed by atoms with Crippen molar-refractivity contribution < 1.29 is 13.6 Å². The Hall–Kier alpha value is -2.43. The van der Waals surface area contributed by atoms with Gasteiger partial charge in [-0.15, -0.1) is 0 Å². The highest BCUT2D eigenvalue weighted by atomic mass is 35.5. The van der Waals surface area contributed by atoms with Crippen LogP contribution in [0.4, 0.5) is 0 Å². The van der Waals surface area contributed by atoms with Crippen LogP contribution in [-0.4, -0.2) is 5.78 Å². The van der Waals surface area contributed by atoms with Crippen molar-refractivity contribution in [2.24, 2.45) is 0 Å². The molecule has 0 radical (unpaired) electrons. The summed E-state index contributed by atoms with van der Waals surface area (Å²) in [7, 11) is 0. The highest BCUT2D eigenvalue weighted by Crippen LogP contribution is 2.32. The Morgan fingerprint density at radius 1 is 0.733 bits per heavy atom. The van der Waals surface area contributed by atoms with Gasteiger partial charge in [0.1, 0.15) is 17.3 Å². The largest absolute Gasteiger partial charge is 0.457 e. The summed E-state index contributed by atoms with van der Waals surface area (Å²) in [6.07, 6.45) is 2.93. The topological polar surface area (TPSA) is 43.4 Å². The van der Waals surface area contributed by atoms with E-state index in [1.54, 1.807) is 66.7 Å². The smallest absolute Gasteiger partial charge is 0.221 e. The molecule has 0 fully saturated rings. The minimum atomic E-state index is -0.317. The number of rotatable bonds is 5. The Morgan fingerprint density at radius 3 is 2.23 bits per heavy atom. The highest BCUT2D eigenvalue weighted by molar-refractivity contribution is 6.35. The fourth-order valence-corrected chi connectivity index (χ4v) is 3.74. The maximum absolute atomic E-state index is 12.5. The van der Waals surface area contributed by atoms with Crippen molar-refractivity contribution in [1.29, 1.82) is 0 Å². The molecule has 0 spiro atoms. The summed E-state index contributed by atoms with van der Waals surface area (Å²) in [5.41, 5.74) is 1.36. The Kier molecular flexibility index (Phi) is 6.07. The van der Waals surface area contributed by atoms with Gasteiger partial charge in [0.05, 0.1) is 5.02 Å². The lowest BCUT2D eigenvalue weighted by Crippen LogP contribution is -1.90. The van der Waals surface area contributed by atoms with E-state index in [1.165, 1.54) is 6.08 Å². The summed E-state index contributed by atoms with van der Waals surface area (Å²) in [6.45, 7) is 0. The van der Waals surface area contributed by atoms with E-state index >= 15 is 0 Å². The van der Waals surface area contributed by atoms with Crippen LogP contribution in [0.1, 0.15) is 16.3 Å². The van der Waals surface area contributed by atoms with Crippen LogP contribution in [-0.2, 0) is 0 Å². The molecule has 2 aromatic heterocycles. The van der Waals surface area contributed by atoms with Gasteiger partial charge < -0.3 is 8.83 Å². The van der Waals surface area contributed by atoms with Gasteiger partial charge in [-0.3, -0.25) is 4.79 Å². The number of hydrogen-bond acceptors (Lipinski definition) is 3. The van der Waals surface area contributed by atoms with Gasteiger partial charge in [0.15, 0.2) is 5.76 Å². The van der Waals surface area contributed by atoms with Crippen LogP contribution in [0.25, 0.3) is 28.7 Å². The van der Waals surface area contributed by atoms with E-state index in [-0.39, 0.29) is 11.5 Å². The van der Waals surface area contributed by atoms with Gasteiger partial charge >= 0.3 is 0 Å². The lowest BCUT2D eigenvalue weighted by molar-refractivity contribution is 0.102. The summed E-state index contributed by atoms with van der Waals surface area (Å²) < 4.78 is 11.4. The second-order valence-corrected chi connectivity index (χ2v) is 8.06. The maximum atomic E-state index is 12.5. The molecule has 7 heteroatoms. The van der Waals surface area contributed by atoms with E-state index in [4.69, 9.17) is 55.2 Å². The molecule has 0 amide bonds. The standard InChI is InChI=1S/C23H12Cl4O3/c24-14-1-4-19(27)18(12-14)22-7-8-23(30-22)20(28)5-2-17-3-6-21(29-17)13-9-15(25)11-16(26)10-13/h1-12H. The third kappa shape index (κ3) is 4.66. The minimum Gasteiger partial charge on any atom is -0.457 e. The fraction of sp³-hybridized carbons (Fsp3) is 0. The molecular formula is C23H12Cl4O3. The molecule has 2 aromatic carbocycles. The highest BCUT2D eigenvalue weighted by Gasteiger charge is 2.13. The van der Waals surface area contributed by atoms with Crippen LogP contribution in [0.5, 0.6) is 0 Å². The fourth-order valence-electron chi connectivity index (χ4n) is 2.83. The van der Waals surface area contributed by atoms with Gasteiger partial charge in [0.25, 0.3) is 0 Å². The van der Waals surface area contributed by atoms with E-state index in [9.17, 15) is 4.79 Å². The molecule has 0 aliphatic heterocycles. The van der Waals surface area contributed by atoms with Crippen molar-refractivity contribution in [3.63, 3.8) is 0 Å². The summed E-state index contributed by atoms with van der Waals surface area (Å²) in [5, 5.41) is 2.02. The average molecular weight is 478 g/mol. The quantitative estimate of drug-likeness (QED) is 0.213. The minimum absolute atomic E-state index is 0.172. The van der Waals surface area contributed by atoms with Crippen LogP contribution >= 0.6 is 46.4 Å². The van der Waals surface area contributed by atoms with Crippen molar-refractivity contribution in [1.82, 2.24) is 0 Å². The molecule has 0 unspecified atom stereocenters. The second-order valence-electron chi connectivity index (χ2n) is 6.35. The normalized spacial score (nSPS) is 11.3. The predicted octanol–water partition coefficient (Wildman–Crippen LogP) is 8.72. The first-order valence-electron chi connectivity index (χ1n) is 8.73. The van der Waals surface area contributed by atoms with Gasteiger partial charge in [0, 0.05) is 26.2 Å². The summed E-state index contributed by atoms with van der Waals surface area (Å²) >= 11 is 24.3. The Labute approximate surface area is 192 Å². The lowest BCUT2D eigenvalue weighted by Gasteiger charge is -2.01. The predicted molar refractivity (Wildman–Crippen MR) is 122 cm³/mol. The van der Waals surface area contributed by atoms with Crippen molar-refractivity contribution in [2.45, 2.75) is 0 Å². The zero-order chi connectivity index (χ0) is 21.3. The molecule has 4 aromatic rings. The molecule has 3 nitrogen and oxygen atoms in total. The number of carbonyl (C=O) groups excluding carboxylic acids is 1. The van der Waals surface area contributed by atoms with Crippen molar-refractivity contribution in [2.75, 3.05) is 0 Å². The third-order valence-corrected chi connectivity index (χ3v) is 5.22. The van der Waals surface area contributed by atoms with E-state index in [1.807, 2.05) is 0 Å². The Balaban J connectivity index is 1.52. The van der Waals surface area contributed by atoms with Crippen molar-refractivity contribution in [3.8, 4) is 22.6 Å². The second kappa shape index (κ2) is 8.75. The van der Waals surface area contributed by atoms with Crippen molar-refractivity contribution in [3.05, 3.63) is 98.4 Å². The Bertz CT molecular complexity index is 1250. The van der Waals surface area contributed by atoms with Crippen LogP contribution in [0.15, 0.2) is 75.6 Å². The van der Waals surface area contributed by atoms with Crippen LogP contribution in [0.2, 0.25) is 20.1 Å². The molecule has 4 rings (SSSR count). The molecule has 0 atom stereocenters. The summed E-state index contributed by atoms with van der Waals surface area (Å²) in [5.74, 6) is 1.40. The number of halogens is 4. The number of furan rings is 2. The molecule has 0 aliphatic rings. The number of allylic oxidation sites excluding steroid dienone is 1. The van der Waals surface area contributed by atoms with E-state index < -0.39 is 0 Å². The van der Waals surface area contributed by atoms with Gasteiger partial charge in [-0.05, 0) is 72.8 Å². The van der Waals surface area contributed by atoms with E-state index in [0.717, 1.165) is 5.56 Å². The third-order valence-electron chi connectivity index (χ3n) is 4.22.